The molecule has 1 N–H and O–H groups in total. The first-order valence-corrected chi connectivity index (χ1v) is 10.3. The lowest BCUT2D eigenvalue weighted by Crippen LogP contribution is -2.49. The molecule has 1 aromatic heterocycles. The van der Waals surface area contributed by atoms with Crippen molar-refractivity contribution in [3.05, 3.63) is 54.4 Å². The number of aromatic nitrogens is 1. The second-order valence-corrected chi connectivity index (χ2v) is 8.28. The topological polar surface area (TPSA) is 71.4 Å². The molecule has 0 radical (unpaired) electrons. The van der Waals surface area contributed by atoms with Crippen molar-refractivity contribution in [1.82, 2.24) is 14.2 Å². The minimum Gasteiger partial charge on any atom is -0.341 e. The van der Waals surface area contributed by atoms with E-state index < -0.39 is 10.0 Å². The zero-order valence-corrected chi connectivity index (χ0v) is 15.1. The first kappa shape index (κ1) is 17.7. The second kappa shape index (κ2) is 7.41. The third-order valence-corrected chi connectivity index (χ3v) is 5.11. The third kappa shape index (κ3) is 4.93. The van der Waals surface area contributed by atoms with Crippen LogP contribution < -0.4 is 4.72 Å². The minimum atomic E-state index is -3.25. The van der Waals surface area contributed by atoms with E-state index >= 15 is 0 Å². The van der Waals surface area contributed by atoms with Crippen LogP contribution in [0.3, 0.4) is 0 Å². The van der Waals surface area contributed by atoms with Crippen molar-refractivity contribution < 1.29 is 13.2 Å². The molecule has 1 saturated heterocycles. The Bertz CT molecular complexity index is 814. The van der Waals surface area contributed by atoms with Crippen LogP contribution in [0.15, 0.2) is 48.8 Å². The molecule has 1 aliphatic rings. The molecule has 134 valence electrons. The maximum Gasteiger partial charge on any atom is 0.227 e. The zero-order chi connectivity index (χ0) is 17.9. The summed E-state index contributed by atoms with van der Waals surface area (Å²) in [7, 11) is -3.25. The number of carbonyl (C=O) groups excluding carboxylic acids is 1. The summed E-state index contributed by atoms with van der Waals surface area (Å²) in [5.74, 6) is 0.0358. The Kier molecular flexibility index (Phi) is 5.24. The summed E-state index contributed by atoms with van der Waals surface area (Å²) < 4.78 is 27.4. The maximum atomic E-state index is 12.5. The smallest absolute Gasteiger partial charge is 0.227 e. The van der Waals surface area contributed by atoms with E-state index in [-0.39, 0.29) is 11.9 Å². The predicted molar refractivity (Wildman–Crippen MR) is 97.1 cm³/mol. The molecule has 7 heteroatoms. The van der Waals surface area contributed by atoms with Crippen molar-refractivity contribution >= 4 is 15.9 Å². The summed E-state index contributed by atoms with van der Waals surface area (Å²) in [5, 5.41) is 0. The van der Waals surface area contributed by atoms with E-state index in [4.69, 9.17) is 0 Å². The predicted octanol–water partition coefficient (Wildman–Crippen LogP) is 1.56. The van der Waals surface area contributed by atoms with Gasteiger partial charge in [-0.15, -0.1) is 0 Å². The van der Waals surface area contributed by atoms with Crippen LogP contribution in [0.25, 0.3) is 5.69 Å². The summed E-state index contributed by atoms with van der Waals surface area (Å²) in [6.07, 6.45) is 7.01. The van der Waals surface area contributed by atoms with Gasteiger partial charge in [0.2, 0.25) is 15.9 Å². The number of carbonyl (C=O) groups is 1. The van der Waals surface area contributed by atoms with Crippen LogP contribution >= 0.6 is 0 Å². The van der Waals surface area contributed by atoms with Crippen molar-refractivity contribution in [1.29, 1.82) is 0 Å². The summed E-state index contributed by atoms with van der Waals surface area (Å²) in [4.78, 5) is 14.3. The third-order valence-electron chi connectivity index (χ3n) is 4.35. The number of amides is 1. The van der Waals surface area contributed by atoms with Gasteiger partial charge in [-0.05, 0) is 42.7 Å². The van der Waals surface area contributed by atoms with Gasteiger partial charge >= 0.3 is 0 Å². The lowest BCUT2D eigenvalue weighted by atomic mass is 10.0. The molecule has 1 aliphatic heterocycles. The van der Waals surface area contributed by atoms with Crippen LogP contribution in [0.1, 0.15) is 18.4 Å². The Hall–Kier alpha value is -2.12. The molecule has 1 amide bonds. The van der Waals surface area contributed by atoms with Gasteiger partial charge in [0.25, 0.3) is 0 Å². The van der Waals surface area contributed by atoms with Crippen molar-refractivity contribution in [2.24, 2.45) is 0 Å². The number of benzene rings is 1. The number of hydrogen-bond donors (Lipinski definition) is 1. The van der Waals surface area contributed by atoms with E-state index in [9.17, 15) is 13.2 Å². The first-order chi connectivity index (χ1) is 11.9. The highest BCUT2D eigenvalue weighted by Crippen LogP contribution is 2.15. The molecule has 3 rings (SSSR count). The van der Waals surface area contributed by atoms with Crippen molar-refractivity contribution in [3.63, 3.8) is 0 Å². The van der Waals surface area contributed by atoms with Crippen LogP contribution in [-0.2, 0) is 21.2 Å². The van der Waals surface area contributed by atoms with E-state index in [1.54, 1.807) is 4.90 Å². The van der Waals surface area contributed by atoms with Gasteiger partial charge < -0.3 is 9.47 Å². The number of nitrogens with zero attached hydrogens (tertiary/aromatic N) is 2. The SMILES string of the molecule is CS(=O)(=O)N[C@@H]1CCCN(C(=O)Cc2ccc(-n3cccc3)cc2)C1. The first-order valence-electron chi connectivity index (χ1n) is 8.38. The van der Waals surface area contributed by atoms with Crippen LogP contribution in [0, 0.1) is 0 Å². The number of likely N-dealkylation sites (tertiary alicyclic amines) is 1. The Morgan fingerprint density at radius 3 is 2.52 bits per heavy atom. The second-order valence-electron chi connectivity index (χ2n) is 6.50. The summed E-state index contributed by atoms with van der Waals surface area (Å²) >= 11 is 0. The van der Waals surface area contributed by atoms with E-state index in [0.29, 0.717) is 19.5 Å². The molecule has 0 unspecified atom stereocenters. The fourth-order valence-electron chi connectivity index (χ4n) is 3.18. The monoisotopic (exact) mass is 361 g/mol. The Balaban J connectivity index is 1.60. The van der Waals surface area contributed by atoms with Crippen LogP contribution in [0.2, 0.25) is 0 Å². The number of sulfonamides is 1. The highest BCUT2D eigenvalue weighted by molar-refractivity contribution is 7.88. The number of nitrogens with one attached hydrogen (secondary N) is 1. The van der Waals surface area contributed by atoms with E-state index in [1.165, 1.54) is 0 Å². The molecule has 1 fully saturated rings. The Labute approximate surface area is 148 Å². The maximum absolute atomic E-state index is 12.5. The zero-order valence-electron chi connectivity index (χ0n) is 14.3. The van der Waals surface area contributed by atoms with Crippen molar-refractivity contribution in [2.45, 2.75) is 25.3 Å². The summed E-state index contributed by atoms with van der Waals surface area (Å²) in [6.45, 7) is 1.12. The molecule has 6 nitrogen and oxygen atoms in total. The molecular weight excluding hydrogens is 338 g/mol. The van der Waals surface area contributed by atoms with Crippen LogP contribution in [-0.4, -0.2) is 49.2 Å². The van der Waals surface area contributed by atoms with Gasteiger partial charge in [-0.2, -0.15) is 0 Å². The highest BCUT2D eigenvalue weighted by Gasteiger charge is 2.25. The highest BCUT2D eigenvalue weighted by atomic mass is 32.2. The normalized spacial score (nSPS) is 18.3. The lowest BCUT2D eigenvalue weighted by Gasteiger charge is -2.32. The van der Waals surface area contributed by atoms with Gasteiger partial charge in [-0.25, -0.2) is 13.1 Å². The minimum absolute atomic E-state index is 0.0358. The fraction of sp³-hybridized carbons (Fsp3) is 0.389. The molecule has 0 saturated carbocycles. The molecule has 0 spiro atoms. The summed E-state index contributed by atoms with van der Waals surface area (Å²) in [6, 6.07) is 11.7. The largest absolute Gasteiger partial charge is 0.341 e. The average molecular weight is 361 g/mol. The molecule has 1 atom stereocenters. The molecule has 1 aromatic carbocycles. The van der Waals surface area contributed by atoms with Gasteiger partial charge in [-0.3, -0.25) is 4.79 Å². The van der Waals surface area contributed by atoms with Crippen molar-refractivity contribution in [2.75, 3.05) is 19.3 Å². The average Bonchev–Trinajstić information content (AvgIpc) is 3.08. The summed E-state index contributed by atoms with van der Waals surface area (Å²) in [5.41, 5.74) is 2.01. The molecule has 2 heterocycles. The van der Waals surface area contributed by atoms with E-state index in [1.807, 2.05) is 53.4 Å². The lowest BCUT2D eigenvalue weighted by molar-refractivity contribution is -0.131. The van der Waals surface area contributed by atoms with E-state index in [2.05, 4.69) is 4.72 Å². The molecule has 25 heavy (non-hydrogen) atoms. The number of rotatable bonds is 5. The Morgan fingerprint density at radius 2 is 1.88 bits per heavy atom. The number of piperidine rings is 1. The molecule has 2 aromatic rings. The van der Waals surface area contributed by atoms with Crippen LogP contribution in [0.5, 0.6) is 0 Å². The quantitative estimate of drug-likeness (QED) is 0.878. The van der Waals surface area contributed by atoms with Crippen molar-refractivity contribution in [3.8, 4) is 5.69 Å². The molecule has 0 aliphatic carbocycles. The van der Waals surface area contributed by atoms with Crippen LogP contribution in [0.4, 0.5) is 0 Å². The molecular formula is C18H23N3O3S. The van der Waals surface area contributed by atoms with Gasteiger partial charge in [0.1, 0.15) is 0 Å². The van der Waals surface area contributed by atoms with Gasteiger partial charge in [0.05, 0.1) is 12.7 Å². The number of hydrogen-bond acceptors (Lipinski definition) is 3. The van der Waals surface area contributed by atoms with E-state index in [0.717, 1.165) is 30.3 Å². The van der Waals surface area contributed by atoms with Gasteiger partial charge in [-0.1, -0.05) is 12.1 Å². The fourth-order valence-corrected chi connectivity index (χ4v) is 3.98. The van der Waals surface area contributed by atoms with Gasteiger partial charge in [0.15, 0.2) is 0 Å². The van der Waals surface area contributed by atoms with Gasteiger partial charge in [0, 0.05) is 37.2 Å². The molecule has 0 bridgehead atoms. The standard InChI is InChI=1S/C18H23N3O3S/c1-25(23,24)19-16-5-4-12-21(14-16)18(22)13-15-6-8-17(9-7-15)20-10-2-3-11-20/h2-3,6-11,16,19H,4-5,12-14H2,1H3/t16-/m1/s1. The Morgan fingerprint density at radius 1 is 1.20 bits per heavy atom.